The van der Waals surface area contributed by atoms with Gasteiger partial charge in [-0.05, 0) is 17.7 Å². The summed E-state index contributed by atoms with van der Waals surface area (Å²) < 4.78 is 2.65. The van der Waals surface area contributed by atoms with Crippen LogP contribution < -0.4 is 22.2 Å². The van der Waals surface area contributed by atoms with E-state index in [1.54, 1.807) is 41.6 Å². The molecule has 2 aromatic carbocycles. The van der Waals surface area contributed by atoms with Gasteiger partial charge in [0.15, 0.2) is 5.82 Å². The first-order chi connectivity index (χ1) is 17.7. The van der Waals surface area contributed by atoms with Crippen LogP contribution in [0.1, 0.15) is 26.3 Å². The zero-order valence-electron chi connectivity index (χ0n) is 19.4. The van der Waals surface area contributed by atoms with Crippen LogP contribution in [0.3, 0.4) is 0 Å². The zero-order valence-corrected chi connectivity index (χ0v) is 19.4. The fourth-order valence-electron chi connectivity index (χ4n) is 3.15. The number of imide groups is 1. The second-order valence-corrected chi connectivity index (χ2v) is 7.46. The highest BCUT2D eigenvalue weighted by molar-refractivity contribution is 6.20. The first kappa shape index (κ1) is 26.6. The molecule has 6 N–H and O–H groups in total. The minimum absolute atomic E-state index is 0.0238. The van der Waals surface area contributed by atoms with E-state index in [-0.39, 0.29) is 28.6 Å². The third-order valence-electron chi connectivity index (χ3n) is 4.93. The van der Waals surface area contributed by atoms with E-state index in [9.17, 15) is 19.2 Å². The molecule has 0 unspecified atom stereocenters. The average molecular weight is 509 g/mol. The Morgan fingerprint density at radius 1 is 0.865 bits per heavy atom. The van der Waals surface area contributed by atoms with Crippen molar-refractivity contribution in [3.63, 3.8) is 0 Å². The number of nitrogens with zero attached hydrogens (tertiary/aromatic N) is 4. The number of carbonyl (C=O) groups is 2. The van der Waals surface area contributed by atoms with Gasteiger partial charge in [0.1, 0.15) is 5.82 Å². The molecule has 1 aliphatic heterocycles. The van der Waals surface area contributed by atoms with Gasteiger partial charge in [-0.2, -0.15) is 5.10 Å². The molecule has 0 saturated heterocycles. The quantitative estimate of drug-likeness (QED) is 0.132. The van der Waals surface area contributed by atoms with Gasteiger partial charge in [0.25, 0.3) is 17.4 Å². The Morgan fingerprint density at radius 3 is 1.92 bits per heavy atom. The number of H-pyrrole nitrogens is 1. The molecule has 3 heterocycles. The summed E-state index contributed by atoms with van der Waals surface area (Å²) in [6.45, 7) is 0.195. The van der Waals surface area contributed by atoms with E-state index in [0.717, 1.165) is 16.2 Å². The molecule has 4 aromatic rings. The lowest BCUT2D eigenvalue weighted by Crippen LogP contribution is -2.35. The van der Waals surface area contributed by atoms with Crippen molar-refractivity contribution in [1.29, 1.82) is 0 Å². The average Bonchev–Trinajstić information content (AvgIpc) is 3.44. The Kier molecular flexibility index (Phi) is 8.67. The van der Waals surface area contributed by atoms with E-state index in [2.05, 4.69) is 10.1 Å². The first-order valence-electron chi connectivity index (χ1n) is 10.6. The number of fused-ring (bicyclic) bond motifs is 1. The number of aromatic nitrogens is 4. The summed E-state index contributed by atoms with van der Waals surface area (Å²) in [4.78, 5) is 47.7. The number of amides is 2. The molecular weight excluding hydrogens is 486 g/mol. The molecule has 0 radical (unpaired) electrons. The first-order valence-corrected chi connectivity index (χ1v) is 10.6. The van der Waals surface area contributed by atoms with Crippen LogP contribution in [0.15, 0.2) is 82.5 Å². The molecule has 14 heteroatoms. The largest absolute Gasteiger partial charge is 0.330 e. The van der Waals surface area contributed by atoms with Crippen LogP contribution in [0.4, 0.5) is 11.6 Å². The third-order valence-corrected chi connectivity index (χ3v) is 4.93. The monoisotopic (exact) mass is 509 g/mol. The van der Waals surface area contributed by atoms with E-state index < -0.39 is 23.1 Å². The van der Waals surface area contributed by atoms with Crippen LogP contribution in [0.5, 0.6) is 0 Å². The van der Waals surface area contributed by atoms with Crippen LogP contribution in [0, 0.1) is 0 Å². The number of rotatable bonds is 4. The lowest BCUT2D eigenvalue weighted by molar-refractivity contribution is -0.0327. The minimum Gasteiger partial charge on any atom is -0.292 e. The van der Waals surface area contributed by atoms with Crippen molar-refractivity contribution in [3.8, 4) is 0 Å². The number of hydrogen-bond donors (Lipinski definition) is 6. The van der Waals surface area contributed by atoms with E-state index in [0.29, 0.717) is 5.82 Å². The van der Waals surface area contributed by atoms with Crippen molar-refractivity contribution >= 4 is 23.5 Å². The molecule has 0 fully saturated rings. The SMILES string of the molecule is Cn1ccc(NO)n1.O=C1c2ccccc2C(=O)N1O.O=c1cc(NO)[nH]c(=O)n1Cc1ccccc1. The summed E-state index contributed by atoms with van der Waals surface area (Å²) >= 11 is 0. The number of aromatic amines is 1. The van der Waals surface area contributed by atoms with Crippen LogP contribution in [-0.4, -0.2) is 51.8 Å². The number of hydroxylamine groups is 2. The number of anilines is 2. The number of aryl methyl sites for hydroxylation is 1. The van der Waals surface area contributed by atoms with Crippen molar-refractivity contribution in [1.82, 2.24) is 24.4 Å². The van der Waals surface area contributed by atoms with Crippen molar-refractivity contribution in [2.24, 2.45) is 7.05 Å². The van der Waals surface area contributed by atoms with Gasteiger partial charge >= 0.3 is 5.69 Å². The van der Waals surface area contributed by atoms with Gasteiger partial charge in [-0.15, -0.1) is 5.06 Å². The summed E-state index contributed by atoms with van der Waals surface area (Å²) in [5.74, 6) is -0.872. The van der Waals surface area contributed by atoms with Gasteiger partial charge in [0.2, 0.25) is 0 Å². The molecular formula is C23H23N7O7. The maximum atomic E-state index is 11.6. The van der Waals surface area contributed by atoms with Crippen molar-refractivity contribution in [3.05, 3.63) is 110 Å². The topological polar surface area (TPSA) is 195 Å². The maximum Gasteiger partial charge on any atom is 0.330 e. The smallest absolute Gasteiger partial charge is 0.292 e. The second kappa shape index (κ2) is 12.1. The Hall–Kier alpha value is -5.05. The van der Waals surface area contributed by atoms with Crippen molar-refractivity contribution < 1.29 is 25.2 Å². The third kappa shape index (κ3) is 6.55. The van der Waals surface area contributed by atoms with Crippen LogP contribution in [0.25, 0.3) is 0 Å². The molecule has 0 aliphatic carbocycles. The molecule has 2 amide bonds. The predicted octanol–water partition coefficient (Wildman–Crippen LogP) is 1.28. The number of benzene rings is 2. The number of carbonyl (C=O) groups excluding carboxylic acids is 2. The molecule has 0 atom stereocenters. The minimum atomic E-state index is -0.657. The summed E-state index contributed by atoms with van der Waals surface area (Å²) in [5, 5.41) is 29.7. The molecule has 192 valence electrons. The van der Waals surface area contributed by atoms with Crippen LogP contribution in [-0.2, 0) is 13.6 Å². The fourth-order valence-corrected chi connectivity index (χ4v) is 3.15. The van der Waals surface area contributed by atoms with Gasteiger partial charge in [0.05, 0.1) is 17.7 Å². The summed E-state index contributed by atoms with van der Waals surface area (Å²) in [7, 11) is 1.78. The van der Waals surface area contributed by atoms with Gasteiger partial charge in [-0.25, -0.2) is 4.79 Å². The summed E-state index contributed by atoms with van der Waals surface area (Å²) in [5.41, 5.74) is 3.96. The highest BCUT2D eigenvalue weighted by Crippen LogP contribution is 2.20. The van der Waals surface area contributed by atoms with Crippen LogP contribution in [0.2, 0.25) is 0 Å². The molecule has 5 rings (SSSR count). The second-order valence-electron chi connectivity index (χ2n) is 7.46. The Bertz CT molecular complexity index is 1430. The molecule has 2 aromatic heterocycles. The van der Waals surface area contributed by atoms with E-state index in [1.807, 2.05) is 35.8 Å². The van der Waals surface area contributed by atoms with Crippen molar-refractivity contribution in [2.75, 3.05) is 11.0 Å². The fraction of sp³-hybridized carbons (Fsp3) is 0.0870. The number of nitrogens with one attached hydrogen (secondary N) is 3. The Balaban J connectivity index is 0.000000165. The number of hydrogen-bond acceptors (Lipinski definition) is 10. The highest BCUT2D eigenvalue weighted by Gasteiger charge is 2.34. The lowest BCUT2D eigenvalue weighted by atomic mass is 10.1. The highest BCUT2D eigenvalue weighted by atomic mass is 16.5. The lowest BCUT2D eigenvalue weighted by Gasteiger charge is -2.05. The van der Waals surface area contributed by atoms with E-state index in [4.69, 9.17) is 15.6 Å². The van der Waals surface area contributed by atoms with E-state index >= 15 is 0 Å². The molecule has 0 spiro atoms. The zero-order chi connectivity index (χ0) is 26.9. The van der Waals surface area contributed by atoms with Crippen molar-refractivity contribution in [2.45, 2.75) is 6.54 Å². The normalized spacial score (nSPS) is 11.6. The van der Waals surface area contributed by atoms with Gasteiger partial charge in [-0.1, -0.05) is 42.5 Å². The summed E-state index contributed by atoms with van der Waals surface area (Å²) in [6.07, 6.45) is 1.73. The van der Waals surface area contributed by atoms with E-state index in [1.165, 1.54) is 12.1 Å². The standard InChI is InChI=1S/C11H11N3O3.C8H5NO3.C4H7N3O/c15-10-6-9(13-17)12-11(16)14(10)7-8-4-2-1-3-5-8;10-7-5-3-1-2-4-6(5)8(11)9(7)12;1-7-3-2-4(5-7)6-8/h1-6,13,17H,7H2,(H,12,16);1-4,12H;2-3,8H,1H3,(H,5,6). The molecule has 0 saturated carbocycles. The molecule has 37 heavy (non-hydrogen) atoms. The predicted molar refractivity (Wildman–Crippen MR) is 130 cm³/mol. The molecule has 0 bridgehead atoms. The molecule has 14 nitrogen and oxygen atoms in total. The Labute approximate surface area is 208 Å². The maximum absolute atomic E-state index is 11.6. The summed E-state index contributed by atoms with van der Waals surface area (Å²) in [6, 6.07) is 18.2. The van der Waals surface area contributed by atoms with Gasteiger partial charge in [0, 0.05) is 25.4 Å². The molecule has 1 aliphatic rings. The van der Waals surface area contributed by atoms with Gasteiger partial charge in [-0.3, -0.25) is 55.2 Å². The van der Waals surface area contributed by atoms with Crippen LogP contribution >= 0.6 is 0 Å². The van der Waals surface area contributed by atoms with Gasteiger partial charge < -0.3 is 0 Å². The Morgan fingerprint density at radius 2 is 1.46 bits per heavy atom.